The Morgan fingerprint density at radius 3 is 2.19 bits per heavy atom. The zero-order valence-corrected chi connectivity index (χ0v) is 11.8. The van der Waals surface area contributed by atoms with Crippen LogP contribution in [0.2, 0.25) is 0 Å². The van der Waals surface area contributed by atoms with E-state index in [1.807, 2.05) is 27.7 Å². The fourth-order valence-corrected chi connectivity index (χ4v) is 3.44. The topological polar surface area (TPSA) is 63.4 Å². The molecular formula is C11H26N2O2S. The molecule has 0 bridgehead atoms. The standard InChI is InChI=1S/C11H26N2O2S/c1-5-8-13(7-3)16(14,15)9-11(12)10(4)6-2/h10-11H,5-9,12H2,1-4H3. The summed E-state index contributed by atoms with van der Waals surface area (Å²) in [4.78, 5) is 0. The molecule has 0 aromatic rings. The molecule has 98 valence electrons. The summed E-state index contributed by atoms with van der Waals surface area (Å²) < 4.78 is 25.6. The summed E-state index contributed by atoms with van der Waals surface area (Å²) in [5.74, 6) is 0.311. The SMILES string of the molecule is CCCN(CC)S(=O)(=O)CC(N)C(C)CC. The van der Waals surface area contributed by atoms with E-state index in [1.165, 1.54) is 4.31 Å². The van der Waals surface area contributed by atoms with Gasteiger partial charge in [0.15, 0.2) is 0 Å². The fourth-order valence-electron chi connectivity index (χ4n) is 1.56. The highest BCUT2D eigenvalue weighted by molar-refractivity contribution is 7.89. The van der Waals surface area contributed by atoms with Crippen LogP contribution in [-0.4, -0.2) is 37.6 Å². The van der Waals surface area contributed by atoms with Crippen LogP contribution < -0.4 is 5.73 Å². The van der Waals surface area contributed by atoms with Gasteiger partial charge in [-0.15, -0.1) is 0 Å². The molecule has 0 saturated heterocycles. The van der Waals surface area contributed by atoms with E-state index in [4.69, 9.17) is 5.73 Å². The second-order valence-corrected chi connectivity index (χ2v) is 6.33. The molecule has 0 fully saturated rings. The van der Waals surface area contributed by atoms with Crippen molar-refractivity contribution in [1.29, 1.82) is 0 Å². The first-order valence-corrected chi connectivity index (χ1v) is 7.73. The van der Waals surface area contributed by atoms with Crippen LogP contribution in [-0.2, 0) is 10.0 Å². The summed E-state index contributed by atoms with van der Waals surface area (Å²) >= 11 is 0. The van der Waals surface area contributed by atoms with Crippen LogP contribution in [0.4, 0.5) is 0 Å². The molecule has 0 aliphatic rings. The van der Waals surface area contributed by atoms with E-state index in [1.54, 1.807) is 0 Å². The highest BCUT2D eigenvalue weighted by Crippen LogP contribution is 2.11. The third-order valence-electron chi connectivity index (χ3n) is 3.00. The maximum atomic E-state index is 12.0. The van der Waals surface area contributed by atoms with Gasteiger partial charge in [0, 0.05) is 19.1 Å². The molecule has 0 amide bonds. The average molecular weight is 250 g/mol. The molecule has 0 saturated carbocycles. The van der Waals surface area contributed by atoms with Gasteiger partial charge in [0.1, 0.15) is 0 Å². The van der Waals surface area contributed by atoms with Gasteiger partial charge in [-0.1, -0.05) is 34.1 Å². The van der Waals surface area contributed by atoms with E-state index in [9.17, 15) is 8.42 Å². The van der Waals surface area contributed by atoms with Gasteiger partial charge in [0.25, 0.3) is 0 Å². The van der Waals surface area contributed by atoms with Crippen molar-refractivity contribution in [3.63, 3.8) is 0 Å². The van der Waals surface area contributed by atoms with Crippen molar-refractivity contribution in [3.8, 4) is 0 Å². The first-order valence-electron chi connectivity index (χ1n) is 6.12. The van der Waals surface area contributed by atoms with Crippen LogP contribution in [0.15, 0.2) is 0 Å². The van der Waals surface area contributed by atoms with E-state index in [0.29, 0.717) is 13.1 Å². The van der Waals surface area contributed by atoms with Crippen molar-refractivity contribution in [2.24, 2.45) is 11.7 Å². The van der Waals surface area contributed by atoms with Gasteiger partial charge in [-0.05, 0) is 12.3 Å². The summed E-state index contributed by atoms with van der Waals surface area (Å²) in [6.45, 7) is 8.99. The number of rotatable bonds is 8. The number of nitrogens with two attached hydrogens (primary N) is 1. The largest absolute Gasteiger partial charge is 0.326 e. The van der Waals surface area contributed by atoms with E-state index in [0.717, 1.165) is 12.8 Å². The summed E-state index contributed by atoms with van der Waals surface area (Å²) in [5.41, 5.74) is 5.90. The second-order valence-electron chi connectivity index (χ2n) is 4.32. The molecule has 0 rings (SSSR count). The van der Waals surface area contributed by atoms with Crippen LogP contribution in [0.1, 0.15) is 40.5 Å². The van der Waals surface area contributed by atoms with Gasteiger partial charge in [-0.25, -0.2) is 12.7 Å². The zero-order valence-electron chi connectivity index (χ0n) is 10.9. The first kappa shape index (κ1) is 15.9. The molecule has 4 nitrogen and oxygen atoms in total. The molecule has 2 unspecified atom stereocenters. The highest BCUT2D eigenvalue weighted by Gasteiger charge is 2.24. The van der Waals surface area contributed by atoms with Gasteiger partial charge in [0.2, 0.25) is 10.0 Å². The molecule has 2 atom stereocenters. The summed E-state index contributed by atoms with van der Waals surface area (Å²) in [7, 11) is -3.18. The summed E-state index contributed by atoms with van der Waals surface area (Å²) in [5, 5.41) is 0. The Balaban J connectivity index is 4.54. The lowest BCUT2D eigenvalue weighted by Gasteiger charge is -2.24. The summed E-state index contributed by atoms with van der Waals surface area (Å²) in [6.07, 6.45) is 1.75. The van der Waals surface area contributed by atoms with Crippen molar-refractivity contribution < 1.29 is 8.42 Å². The number of nitrogens with zero attached hydrogens (tertiary/aromatic N) is 1. The molecule has 0 heterocycles. The second kappa shape index (κ2) is 7.25. The van der Waals surface area contributed by atoms with Crippen LogP contribution in [0.3, 0.4) is 0 Å². The van der Waals surface area contributed by atoms with E-state index in [-0.39, 0.29) is 17.7 Å². The number of sulfonamides is 1. The van der Waals surface area contributed by atoms with E-state index in [2.05, 4.69) is 0 Å². The van der Waals surface area contributed by atoms with Crippen molar-refractivity contribution in [2.75, 3.05) is 18.8 Å². The molecule has 0 aromatic carbocycles. The molecule has 0 aliphatic carbocycles. The normalized spacial score (nSPS) is 16.4. The third-order valence-corrected chi connectivity index (χ3v) is 5.03. The maximum Gasteiger partial charge on any atom is 0.215 e. The van der Waals surface area contributed by atoms with Gasteiger partial charge in [0.05, 0.1) is 5.75 Å². The minimum absolute atomic E-state index is 0.0653. The smallest absolute Gasteiger partial charge is 0.215 e. The maximum absolute atomic E-state index is 12.0. The van der Waals surface area contributed by atoms with Gasteiger partial charge in [-0.2, -0.15) is 0 Å². The van der Waals surface area contributed by atoms with Crippen molar-refractivity contribution >= 4 is 10.0 Å². The lowest BCUT2D eigenvalue weighted by atomic mass is 10.0. The Bertz CT molecular complexity index is 278. The van der Waals surface area contributed by atoms with E-state index >= 15 is 0 Å². The third kappa shape index (κ3) is 4.80. The monoisotopic (exact) mass is 250 g/mol. The summed E-state index contributed by atoms with van der Waals surface area (Å²) in [6, 6.07) is -0.263. The Morgan fingerprint density at radius 2 is 1.81 bits per heavy atom. The molecule has 16 heavy (non-hydrogen) atoms. The Labute approximate surface area is 100 Å². The molecule has 2 N–H and O–H groups in total. The minimum atomic E-state index is -3.18. The van der Waals surface area contributed by atoms with Crippen LogP contribution >= 0.6 is 0 Å². The van der Waals surface area contributed by atoms with Crippen molar-refractivity contribution in [3.05, 3.63) is 0 Å². The highest BCUT2D eigenvalue weighted by atomic mass is 32.2. The van der Waals surface area contributed by atoms with Gasteiger partial charge < -0.3 is 5.73 Å². The van der Waals surface area contributed by atoms with E-state index < -0.39 is 10.0 Å². The quantitative estimate of drug-likeness (QED) is 0.708. The zero-order chi connectivity index (χ0) is 12.8. The Hall–Kier alpha value is -0.130. The molecule has 0 aromatic heterocycles. The van der Waals surface area contributed by atoms with Gasteiger partial charge in [-0.3, -0.25) is 0 Å². The Morgan fingerprint density at radius 1 is 1.25 bits per heavy atom. The predicted octanol–water partition coefficient (Wildman–Crippen LogP) is 1.42. The lowest BCUT2D eigenvalue weighted by Crippen LogP contribution is -2.42. The molecule has 5 heteroatoms. The molecule has 0 aliphatic heterocycles. The Kier molecular flexibility index (Phi) is 7.19. The van der Waals surface area contributed by atoms with Crippen LogP contribution in [0, 0.1) is 5.92 Å². The molecule has 0 spiro atoms. The van der Waals surface area contributed by atoms with Crippen LogP contribution in [0.5, 0.6) is 0 Å². The molecule has 0 radical (unpaired) electrons. The number of hydrogen-bond donors (Lipinski definition) is 1. The van der Waals surface area contributed by atoms with Crippen molar-refractivity contribution in [2.45, 2.75) is 46.6 Å². The fraction of sp³-hybridized carbons (Fsp3) is 1.00. The van der Waals surface area contributed by atoms with Crippen LogP contribution in [0.25, 0.3) is 0 Å². The minimum Gasteiger partial charge on any atom is -0.326 e. The lowest BCUT2D eigenvalue weighted by molar-refractivity contribution is 0.410. The molecular weight excluding hydrogens is 224 g/mol. The first-order chi connectivity index (χ1) is 7.38. The predicted molar refractivity (Wildman–Crippen MR) is 68.8 cm³/mol. The van der Waals surface area contributed by atoms with Gasteiger partial charge >= 0.3 is 0 Å². The number of hydrogen-bond acceptors (Lipinski definition) is 3. The van der Waals surface area contributed by atoms with Crippen molar-refractivity contribution in [1.82, 2.24) is 4.31 Å². The average Bonchev–Trinajstić information content (AvgIpc) is 2.23.